The van der Waals surface area contributed by atoms with Crippen molar-refractivity contribution in [1.29, 1.82) is 0 Å². The molecule has 154 valence electrons. The predicted molar refractivity (Wildman–Crippen MR) is 125 cm³/mol. The minimum Gasteiger partial charge on any atom is -0.354 e. The molecule has 0 spiro atoms. The van der Waals surface area contributed by atoms with E-state index < -0.39 is 0 Å². The molecule has 6 heteroatoms. The van der Waals surface area contributed by atoms with E-state index in [-0.39, 0.29) is 11.8 Å². The maximum atomic E-state index is 12.8. The van der Waals surface area contributed by atoms with Gasteiger partial charge in [-0.25, -0.2) is 0 Å². The number of nitrogens with zero attached hydrogens (tertiary/aromatic N) is 3. The second kappa shape index (κ2) is 8.96. The number of anilines is 2. The number of amides is 1. The first kappa shape index (κ1) is 20.5. The Morgan fingerprint density at radius 3 is 2.63 bits per heavy atom. The van der Waals surface area contributed by atoms with Crippen LogP contribution in [0.2, 0.25) is 0 Å². The summed E-state index contributed by atoms with van der Waals surface area (Å²) in [4.78, 5) is 15.0. The minimum absolute atomic E-state index is 0.0475. The van der Waals surface area contributed by atoms with Gasteiger partial charge in [0.2, 0.25) is 5.91 Å². The summed E-state index contributed by atoms with van der Waals surface area (Å²) in [5, 5.41) is 11.9. The number of piperidine rings is 1. The molecule has 1 atom stereocenters. The van der Waals surface area contributed by atoms with Crippen molar-refractivity contribution >= 4 is 33.3 Å². The Balaban J connectivity index is 1.44. The van der Waals surface area contributed by atoms with Gasteiger partial charge in [0.25, 0.3) is 0 Å². The summed E-state index contributed by atoms with van der Waals surface area (Å²) in [6.07, 6.45) is 1.83. The van der Waals surface area contributed by atoms with Gasteiger partial charge in [0.15, 0.2) is 5.82 Å². The number of aromatic nitrogens is 2. The van der Waals surface area contributed by atoms with Crippen molar-refractivity contribution in [3.63, 3.8) is 0 Å². The van der Waals surface area contributed by atoms with Crippen LogP contribution in [0.15, 0.2) is 59.1 Å². The predicted octanol–water partition coefficient (Wildman–Crippen LogP) is 5.38. The lowest BCUT2D eigenvalue weighted by Crippen LogP contribution is -2.41. The van der Waals surface area contributed by atoms with Crippen LogP contribution >= 0.6 is 15.9 Å². The van der Waals surface area contributed by atoms with E-state index in [1.54, 1.807) is 0 Å². The number of carbonyl (C=O) groups is 1. The number of aryl methyl sites for hydroxylation is 2. The first-order chi connectivity index (χ1) is 14.5. The molecule has 2 aromatic carbocycles. The van der Waals surface area contributed by atoms with Crippen LogP contribution in [0.3, 0.4) is 0 Å². The molecule has 1 fully saturated rings. The second-order valence-corrected chi connectivity index (χ2v) is 8.68. The fourth-order valence-corrected chi connectivity index (χ4v) is 4.13. The normalized spacial score (nSPS) is 16.4. The summed E-state index contributed by atoms with van der Waals surface area (Å²) >= 11 is 3.49. The molecule has 1 aliphatic rings. The average Bonchev–Trinajstić information content (AvgIpc) is 2.77. The van der Waals surface area contributed by atoms with Gasteiger partial charge in [-0.3, -0.25) is 4.79 Å². The van der Waals surface area contributed by atoms with Crippen molar-refractivity contribution in [3.05, 3.63) is 70.2 Å². The molecule has 1 aromatic heterocycles. The third-order valence-corrected chi connectivity index (χ3v) is 6.39. The molecule has 0 aliphatic carbocycles. The maximum Gasteiger partial charge on any atom is 0.229 e. The van der Waals surface area contributed by atoms with E-state index in [1.807, 2.05) is 36.4 Å². The molecule has 0 saturated carbocycles. The number of halogens is 1. The Labute approximate surface area is 185 Å². The van der Waals surface area contributed by atoms with Gasteiger partial charge in [0.1, 0.15) is 0 Å². The lowest BCUT2D eigenvalue weighted by molar-refractivity contribution is -0.120. The highest BCUT2D eigenvalue weighted by molar-refractivity contribution is 9.10. The van der Waals surface area contributed by atoms with Gasteiger partial charge in [0, 0.05) is 23.1 Å². The maximum absolute atomic E-state index is 12.8. The van der Waals surface area contributed by atoms with Crippen molar-refractivity contribution in [2.45, 2.75) is 26.7 Å². The number of carbonyl (C=O) groups excluding carboxylic acids is 1. The molecule has 2 heterocycles. The van der Waals surface area contributed by atoms with Gasteiger partial charge in [-0.05, 0) is 84.1 Å². The molecule has 1 saturated heterocycles. The molecule has 1 amide bonds. The fraction of sp³-hybridized carbons (Fsp3) is 0.292. The van der Waals surface area contributed by atoms with E-state index >= 15 is 0 Å². The highest BCUT2D eigenvalue weighted by Gasteiger charge is 2.27. The highest BCUT2D eigenvalue weighted by Crippen LogP contribution is 2.27. The SMILES string of the molecule is Cc1ccc(-c2ccc(N3CCCC(C(=O)Nc4ccccc4Br)C3)nn2)cc1C. The molecular weight excluding hydrogens is 440 g/mol. The zero-order valence-corrected chi connectivity index (χ0v) is 18.8. The van der Waals surface area contributed by atoms with Gasteiger partial charge in [0.05, 0.1) is 17.3 Å². The van der Waals surface area contributed by atoms with Crippen LogP contribution in [0.5, 0.6) is 0 Å². The zero-order valence-electron chi connectivity index (χ0n) is 17.2. The Morgan fingerprint density at radius 1 is 1.07 bits per heavy atom. The summed E-state index contributed by atoms with van der Waals surface area (Å²) in [5.74, 6) is 0.791. The van der Waals surface area contributed by atoms with Crippen LogP contribution in [-0.4, -0.2) is 29.2 Å². The Bertz CT molecular complexity index is 1050. The van der Waals surface area contributed by atoms with Crippen molar-refractivity contribution in [1.82, 2.24) is 10.2 Å². The standard InChI is InChI=1S/C24H25BrN4O/c1-16-9-10-18(14-17(16)2)21-11-12-23(28-27-21)29-13-5-6-19(15-29)24(30)26-22-8-4-3-7-20(22)25/h3-4,7-12,14,19H,5-6,13,15H2,1-2H3,(H,26,30). The number of nitrogens with one attached hydrogen (secondary N) is 1. The molecule has 30 heavy (non-hydrogen) atoms. The summed E-state index contributed by atoms with van der Waals surface area (Å²) in [6.45, 7) is 5.74. The van der Waals surface area contributed by atoms with Gasteiger partial charge in [-0.2, -0.15) is 0 Å². The highest BCUT2D eigenvalue weighted by atomic mass is 79.9. The lowest BCUT2D eigenvalue weighted by atomic mass is 9.97. The van der Waals surface area contributed by atoms with Crippen LogP contribution in [0, 0.1) is 19.8 Å². The first-order valence-electron chi connectivity index (χ1n) is 10.2. The Hall–Kier alpha value is -2.73. The molecule has 4 rings (SSSR count). The van der Waals surface area contributed by atoms with E-state index in [4.69, 9.17) is 0 Å². The summed E-state index contributed by atoms with van der Waals surface area (Å²) in [7, 11) is 0. The van der Waals surface area contributed by atoms with Gasteiger partial charge in [-0.15, -0.1) is 10.2 Å². The topological polar surface area (TPSA) is 58.1 Å². The minimum atomic E-state index is -0.0768. The number of benzene rings is 2. The van der Waals surface area contributed by atoms with E-state index in [2.05, 4.69) is 68.4 Å². The fourth-order valence-electron chi connectivity index (χ4n) is 3.75. The largest absolute Gasteiger partial charge is 0.354 e. The number of hydrogen-bond acceptors (Lipinski definition) is 4. The van der Waals surface area contributed by atoms with Crippen molar-refractivity contribution < 1.29 is 4.79 Å². The van der Waals surface area contributed by atoms with Gasteiger partial charge >= 0.3 is 0 Å². The van der Waals surface area contributed by atoms with Gasteiger partial charge in [-0.1, -0.05) is 24.3 Å². The number of para-hydroxylation sites is 1. The van der Waals surface area contributed by atoms with E-state index in [9.17, 15) is 4.79 Å². The van der Waals surface area contributed by atoms with Crippen molar-refractivity contribution in [2.75, 3.05) is 23.3 Å². The Morgan fingerprint density at radius 2 is 1.90 bits per heavy atom. The monoisotopic (exact) mass is 464 g/mol. The average molecular weight is 465 g/mol. The molecule has 0 radical (unpaired) electrons. The first-order valence-corrected chi connectivity index (χ1v) is 11.0. The molecule has 1 N–H and O–H groups in total. The van der Waals surface area contributed by atoms with Crippen molar-refractivity contribution in [3.8, 4) is 11.3 Å². The number of hydrogen-bond donors (Lipinski definition) is 1. The van der Waals surface area contributed by atoms with Crippen LogP contribution in [0.25, 0.3) is 11.3 Å². The van der Waals surface area contributed by atoms with Crippen LogP contribution in [0.1, 0.15) is 24.0 Å². The molecule has 3 aromatic rings. The molecule has 1 aliphatic heterocycles. The molecule has 0 bridgehead atoms. The van der Waals surface area contributed by atoms with E-state index in [0.29, 0.717) is 6.54 Å². The van der Waals surface area contributed by atoms with Crippen LogP contribution < -0.4 is 10.2 Å². The smallest absolute Gasteiger partial charge is 0.229 e. The third-order valence-electron chi connectivity index (χ3n) is 5.70. The lowest BCUT2D eigenvalue weighted by Gasteiger charge is -2.32. The van der Waals surface area contributed by atoms with Crippen molar-refractivity contribution in [2.24, 2.45) is 5.92 Å². The summed E-state index contributed by atoms with van der Waals surface area (Å²) < 4.78 is 0.888. The third kappa shape index (κ3) is 4.54. The Kier molecular flexibility index (Phi) is 6.13. The zero-order chi connectivity index (χ0) is 21.1. The summed E-state index contributed by atoms with van der Waals surface area (Å²) in [5.41, 5.74) is 5.25. The van der Waals surface area contributed by atoms with Crippen LogP contribution in [-0.2, 0) is 4.79 Å². The second-order valence-electron chi connectivity index (χ2n) is 7.83. The van der Waals surface area contributed by atoms with E-state index in [1.165, 1.54) is 11.1 Å². The molecule has 1 unspecified atom stereocenters. The number of rotatable bonds is 4. The summed E-state index contributed by atoms with van der Waals surface area (Å²) in [6, 6.07) is 18.0. The molecular formula is C24H25BrN4O. The molecule has 5 nitrogen and oxygen atoms in total. The quantitative estimate of drug-likeness (QED) is 0.562. The van der Waals surface area contributed by atoms with Gasteiger partial charge < -0.3 is 10.2 Å². The van der Waals surface area contributed by atoms with E-state index in [0.717, 1.165) is 46.6 Å². The van der Waals surface area contributed by atoms with Crippen LogP contribution in [0.4, 0.5) is 11.5 Å².